The SMILES string of the molecule is CS.O=C(NCC1CCNCC1)c1ccc2c(c1)CCCN2Cc1ccccc1OCc1ccccc1. The van der Waals surface area contributed by atoms with Gasteiger partial charge in [0.15, 0.2) is 0 Å². The van der Waals surface area contributed by atoms with Crippen LogP contribution >= 0.6 is 12.6 Å². The Hall–Kier alpha value is -2.96. The Labute approximate surface area is 227 Å². The van der Waals surface area contributed by atoms with Crippen LogP contribution in [0.3, 0.4) is 0 Å². The Morgan fingerprint density at radius 2 is 1.78 bits per heavy atom. The number of aryl methyl sites for hydroxylation is 1. The van der Waals surface area contributed by atoms with E-state index in [9.17, 15) is 4.79 Å². The molecule has 2 aliphatic heterocycles. The second-order valence-corrected chi connectivity index (χ2v) is 9.65. The molecule has 1 fully saturated rings. The third-order valence-corrected chi connectivity index (χ3v) is 7.14. The first-order valence-corrected chi connectivity index (χ1v) is 14.2. The van der Waals surface area contributed by atoms with Gasteiger partial charge in [-0.25, -0.2) is 0 Å². The van der Waals surface area contributed by atoms with E-state index in [1.807, 2.05) is 30.3 Å². The second-order valence-electron chi connectivity index (χ2n) is 9.65. The first-order valence-electron chi connectivity index (χ1n) is 13.3. The van der Waals surface area contributed by atoms with E-state index >= 15 is 0 Å². The lowest BCUT2D eigenvalue weighted by Gasteiger charge is -2.32. The molecule has 37 heavy (non-hydrogen) atoms. The fourth-order valence-electron chi connectivity index (χ4n) is 5.12. The Morgan fingerprint density at radius 3 is 2.59 bits per heavy atom. The molecule has 1 amide bonds. The Morgan fingerprint density at radius 1 is 1.03 bits per heavy atom. The minimum Gasteiger partial charge on any atom is -0.489 e. The second kappa shape index (κ2) is 14.1. The molecule has 3 aromatic rings. The Kier molecular flexibility index (Phi) is 10.3. The van der Waals surface area contributed by atoms with Crippen LogP contribution < -0.4 is 20.3 Å². The Balaban J connectivity index is 0.00000156. The zero-order valence-corrected chi connectivity index (χ0v) is 22.7. The van der Waals surface area contributed by atoms with Gasteiger partial charge in [0.25, 0.3) is 5.91 Å². The maximum atomic E-state index is 12.8. The zero-order chi connectivity index (χ0) is 25.9. The molecule has 0 aromatic heterocycles. The van der Waals surface area contributed by atoms with E-state index in [0.29, 0.717) is 12.5 Å². The summed E-state index contributed by atoms with van der Waals surface area (Å²) in [5.41, 5.74) is 5.60. The first kappa shape index (κ1) is 27.1. The summed E-state index contributed by atoms with van der Waals surface area (Å²) < 4.78 is 6.20. The third kappa shape index (κ3) is 7.53. The van der Waals surface area contributed by atoms with Crippen molar-refractivity contribution < 1.29 is 9.53 Å². The summed E-state index contributed by atoms with van der Waals surface area (Å²) >= 11 is 3.53. The van der Waals surface area contributed by atoms with Crippen LogP contribution in [-0.4, -0.2) is 38.3 Å². The largest absolute Gasteiger partial charge is 0.489 e. The number of hydrogen-bond acceptors (Lipinski definition) is 5. The van der Waals surface area contributed by atoms with Crippen molar-refractivity contribution >= 4 is 24.2 Å². The molecule has 2 N–H and O–H groups in total. The molecule has 0 spiro atoms. The van der Waals surface area contributed by atoms with Crippen LogP contribution in [0.2, 0.25) is 0 Å². The number of thiol groups is 1. The van der Waals surface area contributed by atoms with Crippen LogP contribution in [0.15, 0.2) is 72.8 Å². The van der Waals surface area contributed by atoms with E-state index in [-0.39, 0.29) is 5.91 Å². The molecule has 5 nitrogen and oxygen atoms in total. The molecular weight excluding hydrogens is 478 g/mol. The maximum Gasteiger partial charge on any atom is 0.251 e. The molecule has 2 heterocycles. The molecule has 0 saturated carbocycles. The van der Waals surface area contributed by atoms with Crippen molar-refractivity contribution in [3.63, 3.8) is 0 Å². The number of amides is 1. The zero-order valence-electron chi connectivity index (χ0n) is 21.8. The molecule has 0 atom stereocenters. The van der Waals surface area contributed by atoms with Gasteiger partial charge in [0.1, 0.15) is 12.4 Å². The van der Waals surface area contributed by atoms with Gasteiger partial charge in [0, 0.05) is 36.4 Å². The highest BCUT2D eigenvalue weighted by Crippen LogP contribution is 2.31. The van der Waals surface area contributed by atoms with Crippen molar-refractivity contribution in [1.29, 1.82) is 0 Å². The molecule has 3 aromatic carbocycles. The van der Waals surface area contributed by atoms with Gasteiger partial charge in [0.05, 0.1) is 0 Å². The van der Waals surface area contributed by atoms with Gasteiger partial charge >= 0.3 is 0 Å². The third-order valence-electron chi connectivity index (χ3n) is 7.14. The summed E-state index contributed by atoms with van der Waals surface area (Å²) in [7, 11) is 0. The highest BCUT2D eigenvalue weighted by atomic mass is 32.1. The number of anilines is 1. The number of nitrogens with one attached hydrogen (secondary N) is 2. The average molecular weight is 518 g/mol. The van der Waals surface area contributed by atoms with Crippen LogP contribution in [0.5, 0.6) is 5.75 Å². The number of piperidine rings is 1. The van der Waals surface area contributed by atoms with Crippen molar-refractivity contribution in [2.45, 2.75) is 38.8 Å². The summed E-state index contributed by atoms with van der Waals surface area (Å²) in [5, 5.41) is 6.55. The van der Waals surface area contributed by atoms with Crippen LogP contribution in [0, 0.1) is 5.92 Å². The topological polar surface area (TPSA) is 53.6 Å². The highest BCUT2D eigenvalue weighted by Gasteiger charge is 2.21. The molecule has 1 saturated heterocycles. The molecule has 0 unspecified atom stereocenters. The predicted molar refractivity (Wildman–Crippen MR) is 156 cm³/mol. The van der Waals surface area contributed by atoms with Crippen molar-refractivity contribution in [2.75, 3.05) is 37.3 Å². The van der Waals surface area contributed by atoms with E-state index in [2.05, 4.69) is 70.6 Å². The monoisotopic (exact) mass is 517 g/mol. The van der Waals surface area contributed by atoms with Crippen LogP contribution in [0.25, 0.3) is 0 Å². The summed E-state index contributed by atoms with van der Waals surface area (Å²) in [6.07, 6.45) is 6.06. The van der Waals surface area contributed by atoms with Gasteiger partial charge in [-0.3, -0.25) is 4.79 Å². The predicted octanol–water partition coefficient (Wildman–Crippen LogP) is 5.49. The van der Waals surface area contributed by atoms with E-state index in [1.54, 1.807) is 6.26 Å². The number of hydrogen-bond donors (Lipinski definition) is 3. The molecule has 6 heteroatoms. The number of nitrogens with zero attached hydrogens (tertiary/aromatic N) is 1. The summed E-state index contributed by atoms with van der Waals surface area (Å²) in [4.78, 5) is 15.2. The molecule has 0 radical (unpaired) electrons. The lowest BCUT2D eigenvalue weighted by molar-refractivity contribution is 0.0944. The standard InChI is InChI=1S/C30H35N3O2.CH4S/c34-30(32-20-23-14-16-31-17-15-23)26-12-13-28-25(19-26)10-6-18-33(28)21-27-9-4-5-11-29(27)35-22-24-7-2-1-3-8-24;1-2/h1-5,7-9,11-13,19,23,31H,6,10,14-18,20-22H2,(H,32,34);2H,1H3. The molecular formula is C31H39N3O2S. The van der Waals surface area contributed by atoms with Crippen molar-refractivity contribution in [3.05, 3.63) is 95.1 Å². The summed E-state index contributed by atoms with van der Waals surface area (Å²) in [5.74, 6) is 1.55. The van der Waals surface area contributed by atoms with Crippen LogP contribution in [-0.2, 0) is 19.6 Å². The van der Waals surface area contributed by atoms with Crippen molar-refractivity contribution in [2.24, 2.45) is 5.92 Å². The number of carbonyl (C=O) groups excluding carboxylic acids is 1. The van der Waals surface area contributed by atoms with E-state index in [1.165, 1.54) is 16.8 Å². The normalized spacial score (nSPS) is 15.2. The van der Waals surface area contributed by atoms with Gasteiger partial charge in [-0.05, 0) is 86.3 Å². The minimum absolute atomic E-state index is 0.0445. The smallest absolute Gasteiger partial charge is 0.251 e. The quantitative estimate of drug-likeness (QED) is 0.346. The average Bonchev–Trinajstić information content (AvgIpc) is 2.97. The number of benzene rings is 3. The number of carbonyl (C=O) groups is 1. The fourth-order valence-corrected chi connectivity index (χ4v) is 5.12. The number of fused-ring (bicyclic) bond motifs is 1. The van der Waals surface area contributed by atoms with Gasteiger partial charge in [-0.2, -0.15) is 12.6 Å². The van der Waals surface area contributed by atoms with Crippen molar-refractivity contribution in [3.8, 4) is 5.75 Å². The van der Waals surface area contributed by atoms with Crippen molar-refractivity contribution in [1.82, 2.24) is 10.6 Å². The summed E-state index contributed by atoms with van der Waals surface area (Å²) in [6, 6.07) is 24.8. The molecule has 5 rings (SSSR count). The fraction of sp³-hybridized carbons (Fsp3) is 0.387. The van der Waals surface area contributed by atoms with Gasteiger partial charge in [0.2, 0.25) is 0 Å². The van der Waals surface area contributed by atoms with E-state index < -0.39 is 0 Å². The molecule has 2 aliphatic rings. The van der Waals surface area contributed by atoms with Crippen LogP contribution in [0.1, 0.15) is 46.3 Å². The lowest BCUT2D eigenvalue weighted by Crippen LogP contribution is -2.36. The molecule has 0 aliphatic carbocycles. The van der Waals surface area contributed by atoms with Gasteiger partial charge in [-0.1, -0.05) is 48.5 Å². The highest BCUT2D eigenvalue weighted by molar-refractivity contribution is 7.79. The van der Waals surface area contributed by atoms with E-state index in [0.717, 1.165) is 75.3 Å². The molecule has 196 valence electrons. The minimum atomic E-state index is 0.0445. The van der Waals surface area contributed by atoms with Gasteiger partial charge in [-0.15, -0.1) is 0 Å². The van der Waals surface area contributed by atoms with E-state index in [4.69, 9.17) is 4.74 Å². The Bertz CT molecular complexity index is 1130. The van der Waals surface area contributed by atoms with Gasteiger partial charge < -0.3 is 20.3 Å². The number of rotatable bonds is 8. The lowest BCUT2D eigenvalue weighted by atomic mass is 9.97. The maximum absolute atomic E-state index is 12.8. The number of ether oxygens (including phenoxy) is 1. The first-order chi connectivity index (χ1) is 18.3. The summed E-state index contributed by atoms with van der Waals surface area (Å²) in [6.45, 7) is 5.22. The molecule has 0 bridgehead atoms. The van der Waals surface area contributed by atoms with Crippen LogP contribution in [0.4, 0.5) is 5.69 Å². The number of para-hydroxylation sites is 1.